The van der Waals surface area contributed by atoms with Crippen LogP contribution in [-0.2, 0) is 22.7 Å². The smallest absolute Gasteiger partial charge is 0.335 e. The molecule has 1 fully saturated rings. The second-order valence-corrected chi connectivity index (χ2v) is 7.12. The van der Waals surface area contributed by atoms with Crippen molar-refractivity contribution in [3.63, 3.8) is 0 Å². The van der Waals surface area contributed by atoms with E-state index in [-0.39, 0.29) is 24.3 Å². The van der Waals surface area contributed by atoms with Crippen LogP contribution in [0.5, 0.6) is 5.75 Å². The lowest BCUT2D eigenvalue weighted by Crippen LogP contribution is -2.53. The van der Waals surface area contributed by atoms with Gasteiger partial charge in [0.1, 0.15) is 23.7 Å². The number of aromatic carboxylic acids is 1. The van der Waals surface area contributed by atoms with Crippen molar-refractivity contribution in [1.29, 1.82) is 0 Å². The molecule has 1 aromatic heterocycles. The van der Waals surface area contributed by atoms with Crippen LogP contribution in [0.3, 0.4) is 0 Å². The highest BCUT2D eigenvalue weighted by Gasteiger charge is 2.36. The first-order valence-electron chi connectivity index (χ1n) is 9.87. The third-order valence-electron chi connectivity index (χ3n) is 4.89. The average Bonchev–Trinajstić information content (AvgIpc) is 3.32. The Labute approximate surface area is 187 Å². The van der Waals surface area contributed by atoms with Gasteiger partial charge in [-0.2, -0.15) is 0 Å². The van der Waals surface area contributed by atoms with Gasteiger partial charge >= 0.3 is 12.0 Å². The summed E-state index contributed by atoms with van der Waals surface area (Å²) < 4.78 is 11.0. The van der Waals surface area contributed by atoms with Gasteiger partial charge < -0.3 is 14.3 Å². The summed E-state index contributed by atoms with van der Waals surface area (Å²) in [6.45, 7) is 0.0239. The van der Waals surface area contributed by atoms with Gasteiger partial charge in [0.15, 0.2) is 0 Å². The highest BCUT2D eigenvalue weighted by atomic mass is 16.5. The Kier molecular flexibility index (Phi) is 6.03. The summed E-state index contributed by atoms with van der Waals surface area (Å²) in [5, 5.41) is 11.2. The maximum atomic E-state index is 12.9. The third-order valence-corrected chi connectivity index (χ3v) is 4.89. The van der Waals surface area contributed by atoms with E-state index in [4.69, 9.17) is 14.3 Å². The van der Waals surface area contributed by atoms with Crippen LogP contribution in [-0.4, -0.2) is 33.8 Å². The molecule has 0 unspecified atom stereocenters. The predicted octanol–water partition coefficient (Wildman–Crippen LogP) is 3.22. The van der Waals surface area contributed by atoms with Crippen molar-refractivity contribution in [3.8, 4) is 5.75 Å². The van der Waals surface area contributed by atoms with E-state index in [1.54, 1.807) is 48.5 Å². The molecule has 4 rings (SSSR count). The van der Waals surface area contributed by atoms with E-state index in [2.05, 4.69) is 5.32 Å². The molecule has 33 heavy (non-hydrogen) atoms. The molecule has 2 N–H and O–H groups in total. The van der Waals surface area contributed by atoms with Gasteiger partial charge in [-0.05, 0) is 42.0 Å². The SMILES string of the molecule is O=C1NC(=O)N(Cc2ccco2)C(=O)C1=Cc1ccccc1OCc1ccc(C(=O)O)cc1. The normalized spacial score (nSPS) is 15.0. The zero-order chi connectivity index (χ0) is 23.4. The number of rotatable bonds is 7. The number of carboxylic acid groups (broad SMARTS) is 1. The molecule has 1 aliphatic rings. The Morgan fingerprint density at radius 1 is 1.03 bits per heavy atom. The first-order valence-corrected chi connectivity index (χ1v) is 9.87. The summed E-state index contributed by atoms with van der Waals surface area (Å²) in [7, 11) is 0. The van der Waals surface area contributed by atoms with Crippen LogP contribution in [0.4, 0.5) is 4.79 Å². The molecule has 2 aromatic carbocycles. The predicted molar refractivity (Wildman–Crippen MR) is 115 cm³/mol. The second-order valence-electron chi connectivity index (χ2n) is 7.12. The molecule has 0 bridgehead atoms. The van der Waals surface area contributed by atoms with Crippen molar-refractivity contribution in [3.05, 3.63) is 95.0 Å². The number of carbonyl (C=O) groups excluding carboxylic acids is 3. The van der Waals surface area contributed by atoms with Crippen molar-refractivity contribution in [2.45, 2.75) is 13.2 Å². The summed E-state index contributed by atoms with van der Waals surface area (Å²) in [6.07, 6.45) is 2.79. The van der Waals surface area contributed by atoms with Gasteiger partial charge in [-0.3, -0.25) is 19.8 Å². The molecule has 2 heterocycles. The Balaban J connectivity index is 1.55. The lowest BCUT2D eigenvalue weighted by atomic mass is 10.1. The Morgan fingerprint density at radius 2 is 1.79 bits per heavy atom. The van der Waals surface area contributed by atoms with Crippen LogP contribution < -0.4 is 10.1 Å². The molecule has 4 amide bonds. The maximum Gasteiger partial charge on any atom is 0.335 e. The van der Waals surface area contributed by atoms with Crippen molar-refractivity contribution in [2.24, 2.45) is 0 Å². The van der Waals surface area contributed by atoms with Crippen molar-refractivity contribution in [1.82, 2.24) is 10.2 Å². The first kappa shape index (κ1) is 21.6. The summed E-state index contributed by atoms with van der Waals surface area (Å²) in [6, 6.07) is 15.5. The molecule has 0 radical (unpaired) electrons. The number of carbonyl (C=O) groups is 4. The number of amides is 4. The number of imide groups is 2. The third kappa shape index (κ3) is 4.82. The van der Waals surface area contributed by atoms with Gasteiger partial charge in [-0.1, -0.05) is 30.3 Å². The summed E-state index contributed by atoms with van der Waals surface area (Å²) in [5.74, 6) is -1.78. The largest absolute Gasteiger partial charge is 0.488 e. The van der Waals surface area contributed by atoms with Gasteiger partial charge in [0.25, 0.3) is 11.8 Å². The van der Waals surface area contributed by atoms with Crippen LogP contribution in [0.2, 0.25) is 0 Å². The Morgan fingerprint density at radius 3 is 2.48 bits per heavy atom. The van der Waals surface area contributed by atoms with Crippen LogP contribution in [0.25, 0.3) is 6.08 Å². The lowest BCUT2D eigenvalue weighted by molar-refractivity contribution is -0.130. The van der Waals surface area contributed by atoms with Crippen LogP contribution >= 0.6 is 0 Å². The number of nitrogens with zero attached hydrogens (tertiary/aromatic N) is 1. The lowest BCUT2D eigenvalue weighted by Gasteiger charge is -2.25. The molecule has 166 valence electrons. The molecule has 9 heteroatoms. The molecule has 0 spiro atoms. The highest BCUT2D eigenvalue weighted by Crippen LogP contribution is 2.24. The van der Waals surface area contributed by atoms with Gasteiger partial charge in [0.05, 0.1) is 18.4 Å². The highest BCUT2D eigenvalue weighted by molar-refractivity contribution is 6.31. The fourth-order valence-corrected chi connectivity index (χ4v) is 3.19. The van der Waals surface area contributed by atoms with Gasteiger partial charge in [-0.25, -0.2) is 9.59 Å². The van der Waals surface area contributed by atoms with Gasteiger partial charge in [-0.15, -0.1) is 0 Å². The molecular formula is C24H18N2O7. The average molecular weight is 446 g/mol. The number of carboxylic acids is 1. The van der Waals surface area contributed by atoms with Crippen molar-refractivity contribution < 1.29 is 33.4 Å². The zero-order valence-electron chi connectivity index (χ0n) is 17.2. The van der Waals surface area contributed by atoms with E-state index in [1.165, 1.54) is 24.5 Å². The summed E-state index contributed by atoms with van der Waals surface area (Å²) in [5.41, 5.74) is 1.15. The second kappa shape index (κ2) is 9.23. The molecule has 3 aromatic rings. The summed E-state index contributed by atoms with van der Waals surface area (Å²) in [4.78, 5) is 49.3. The number of nitrogens with one attached hydrogen (secondary N) is 1. The Hall–Kier alpha value is -4.66. The number of ether oxygens (including phenoxy) is 1. The van der Waals surface area contributed by atoms with Crippen LogP contribution in [0.1, 0.15) is 27.2 Å². The summed E-state index contributed by atoms with van der Waals surface area (Å²) >= 11 is 0. The minimum Gasteiger partial charge on any atom is -0.488 e. The minimum atomic E-state index is -1.02. The van der Waals surface area contributed by atoms with Crippen LogP contribution in [0, 0.1) is 0 Å². The molecule has 1 aliphatic heterocycles. The Bertz CT molecular complexity index is 1240. The number of barbiturate groups is 1. The van der Waals surface area contributed by atoms with Crippen molar-refractivity contribution >= 4 is 29.9 Å². The van der Waals surface area contributed by atoms with Gasteiger partial charge in [0.2, 0.25) is 0 Å². The monoisotopic (exact) mass is 446 g/mol. The number of urea groups is 1. The number of para-hydroxylation sites is 1. The van der Waals surface area contributed by atoms with E-state index >= 15 is 0 Å². The van der Waals surface area contributed by atoms with Gasteiger partial charge in [0, 0.05) is 5.56 Å². The van der Waals surface area contributed by atoms with Crippen molar-refractivity contribution in [2.75, 3.05) is 0 Å². The zero-order valence-corrected chi connectivity index (χ0v) is 17.2. The van der Waals surface area contributed by atoms with E-state index in [1.807, 2.05) is 0 Å². The minimum absolute atomic E-state index is 0.118. The number of hydrogen-bond acceptors (Lipinski definition) is 6. The first-order chi connectivity index (χ1) is 15.9. The van der Waals surface area contributed by atoms with Crippen LogP contribution in [0.15, 0.2) is 76.9 Å². The molecule has 0 aliphatic carbocycles. The van der Waals surface area contributed by atoms with E-state index in [9.17, 15) is 19.2 Å². The molecule has 0 saturated carbocycles. The fraction of sp³-hybridized carbons (Fsp3) is 0.0833. The number of furan rings is 1. The fourth-order valence-electron chi connectivity index (χ4n) is 3.19. The standard InChI is InChI=1S/C24H18N2O7/c27-21-19(22(28)26(24(31)25-21)13-18-5-3-11-32-18)12-17-4-1-2-6-20(17)33-14-15-7-9-16(10-8-15)23(29)30/h1-12H,13-14H2,(H,29,30)(H,25,27,31). The topological polar surface area (TPSA) is 126 Å². The maximum absolute atomic E-state index is 12.9. The molecular weight excluding hydrogens is 428 g/mol. The molecule has 9 nitrogen and oxygen atoms in total. The van der Waals surface area contributed by atoms with E-state index in [0.29, 0.717) is 17.1 Å². The number of hydrogen-bond donors (Lipinski definition) is 2. The van der Waals surface area contributed by atoms with E-state index in [0.717, 1.165) is 10.5 Å². The van der Waals surface area contributed by atoms with E-state index < -0.39 is 23.8 Å². The number of benzene rings is 2. The molecule has 0 atom stereocenters. The molecule has 1 saturated heterocycles. The quantitative estimate of drug-likeness (QED) is 0.421.